The molecule has 6 nitrogen and oxygen atoms in total. The Kier molecular flexibility index (Phi) is 8.21. The zero-order valence-electron chi connectivity index (χ0n) is 9.99. The summed E-state index contributed by atoms with van der Waals surface area (Å²) >= 11 is 1.03. The van der Waals surface area contributed by atoms with Gasteiger partial charge in [0, 0.05) is 19.0 Å². The number of hydrogen-bond donors (Lipinski definition) is 3. The third kappa shape index (κ3) is 11.0. The Morgan fingerprint density at radius 3 is 2.35 bits per heavy atom. The van der Waals surface area contributed by atoms with Gasteiger partial charge in [-0.2, -0.15) is 0 Å². The van der Waals surface area contributed by atoms with Crippen LogP contribution in [0.15, 0.2) is 0 Å². The summed E-state index contributed by atoms with van der Waals surface area (Å²) in [6, 6.07) is 0.0873. The second-order valence-electron chi connectivity index (χ2n) is 3.71. The molecule has 98 valence electrons. The Balaban J connectivity index is 3.51. The topological polar surface area (TPSA) is 95.5 Å². The Labute approximate surface area is 105 Å². The van der Waals surface area contributed by atoms with Crippen LogP contribution in [0.3, 0.4) is 0 Å². The summed E-state index contributed by atoms with van der Waals surface area (Å²) in [6.45, 7) is 3.99. The maximum atomic E-state index is 11.2. The molecule has 0 radical (unpaired) electrons. The quantitative estimate of drug-likeness (QED) is 0.564. The van der Waals surface area contributed by atoms with Crippen LogP contribution >= 0.6 is 11.8 Å². The molecule has 0 aliphatic rings. The van der Waals surface area contributed by atoms with Crippen molar-refractivity contribution >= 4 is 29.5 Å². The first-order valence-corrected chi connectivity index (χ1v) is 6.43. The van der Waals surface area contributed by atoms with E-state index in [1.165, 1.54) is 0 Å². The molecule has 2 amide bonds. The van der Waals surface area contributed by atoms with Crippen LogP contribution in [0.25, 0.3) is 0 Å². The van der Waals surface area contributed by atoms with E-state index in [-0.39, 0.29) is 42.3 Å². The molecule has 0 aromatic rings. The highest BCUT2D eigenvalue weighted by Gasteiger charge is 2.06. The molecule has 17 heavy (non-hydrogen) atoms. The molecule has 0 aromatic heterocycles. The van der Waals surface area contributed by atoms with Gasteiger partial charge in [-0.1, -0.05) is 0 Å². The number of hydrogen-bond acceptors (Lipinski definition) is 4. The molecule has 0 rings (SSSR count). The normalized spacial score (nSPS) is 10.1. The van der Waals surface area contributed by atoms with Crippen molar-refractivity contribution in [3.63, 3.8) is 0 Å². The molecule has 0 fully saturated rings. The van der Waals surface area contributed by atoms with Crippen LogP contribution in [-0.2, 0) is 14.4 Å². The van der Waals surface area contributed by atoms with Crippen molar-refractivity contribution in [1.29, 1.82) is 0 Å². The first-order chi connectivity index (χ1) is 7.91. The van der Waals surface area contributed by atoms with Gasteiger partial charge in [0.05, 0.1) is 11.5 Å². The zero-order chi connectivity index (χ0) is 13.3. The van der Waals surface area contributed by atoms with Crippen molar-refractivity contribution < 1.29 is 19.5 Å². The summed E-state index contributed by atoms with van der Waals surface area (Å²) in [5.41, 5.74) is 0. The van der Waals surface area contributed by atoms with Crippen LogP contribution < -0.4 is 10.6 Å². The van der Waals surface area contributed by atoms with Gasteiger partial charge >= 0.3 is 5.97 Å². The van der Waals surface area contributed by atoms with E-state index in [4.69, 9.17) is 5.11 Å². The summed E-state index contributed by atoms with van der Waals surface area (Å²) in [5.74, 6) is -1.31. The van der Waals surface area contributed by atoms with Crippen LogP contribution in [-0.4, -0.2) is 47.0 Å². The maximum Gasteiger partial charge on any atom is 0.313 e. The molecule has 0 bridgehead atoms. The molecule has 0 aromatic carbocycles. The molecule has 0 atom stereocenters. The van der Waals surface area contributed by atoms with E-state index >= 15 is 0 Å². The number of carbonyl (C=O) groups is 3. The second kappa shape index (κ2) is 8.86. The van der Waals surface area contributed by atoms with Gasteiger partial charge in [-0.15, -0.1) is 11.8 Å². The van der Waals surface area contributed by atoms with Crippen molar-refractivity contribution in [2.45, 2.75) is 26.3 Å². The summed E-state index contributed by atoms with van der Waals surface area (Å²) in [5, 5.41) is 13.6. The number of thioether (sulfide) groups is 1. The fraction of sp³-hybridized carbons (Fsp3) is 0.700. The van der Waals surface area contributed by atoms with Crippen molar-refractivity contribution in [3.8, 4) is 0 Å². The van der Waals surface area contributed by atoms with Gasteiger partial charge in [0.25, 0.3) is 0 Å². The largest absolute Gasteiger partial charge is 0.481 e. The van der Waals surface area contributed by atoms with Gasteiger partial charge < -0.3 is 15.7 Å². The lowest BCUT2D eigenvalue weighted by Gasteiger charge is -2.08. The Morgan fingerprint density at radius 1 is 1.18 bits per heavy atom. The number of carbonyl (C=O) groups excluding carboxylic acids is 2. The van der Waals surface area contributed by atoms with Gasteiger partial charge in [-0.25, -0.2) is 0 Å². The van der Waals surface area contributed by atoms with Gasteiger partial charge in [0.1, 0.15) is 0 Å². The number of carboxylic acids is 1. The Morgan fingerprint density at radius 2 is 1.82 bits per heavy atom. The van der Waals surface area contributed by atoms with Crippen LogP contribution in [0.1, 0.15) is 20.3 Å². The predicted molar refractivity (Wildman–Crippen MR) is 65.9 cm³/mol. The van der Waals surface area contributed by atoms with E-state index in [0.717, 1.165) is 11.8 Å². The molecule has 0 heterocycles. The number of rotatable bonds is 8. The van der Waals surface area contributed by atoms with E-state index in [1.807, 2.05) is 13.8 Å². The van der Waals surface area contributed by atoms with Crippen LogP contribution in [0.4, 0.5) is 0 Å². The van der Waals surface area contributed by atoms with Crippen molar-refractivity contribution in [3.05, 3.63) is 0 Å². The average Bonchev–Trinajstić information content (AvgIpc) is 2.15. The van der Waals surface area contributed by atoms with E-state index in [2.05, 4.69) is 10.6 Å². The molecule has 0 unspecified atom stereocenters. The standard InChI is InChI=1S/C10H18N2O4S/c1-7(2)12-8(13)3-4-11-9(14)5-17-6-10(15)16/h7H,3-6H2,1-2H3,(H,11,14)(H,12,13)(H,15,16). The molecular formula is C10H18N2O4S. The second-order valence-corrected chi connectivity index (χ2v) is 4.69. The van der Waals surface area contributed by atoms with Gasteiger partial charge in [-0.3, -0.25) is 14.4 Å². The number of nitrogens with one attached hydrogen (secondary N) is 2. The molecular weight excluding hydrogens is 244 g/mol. The van der Waals surface area contributed by atoms with Crippen LogP contribution in [0.2, 0.25) is 0 Å². The average molecular weight is 262 g/mol. The summed E-state index contributed by atoms with van der Waals surface area (Å²) in [7, 11) is 0. The molecule has 0 saturated carbocycles. The van der Waals surface area contributed by atoms with Gasteiger partial charge in [0.15, 0.2) is 0 Å². The highest BCUT2D eigenvalue weighted by molar-refractivity contribution is 8.00. The molecule has 0 aliphatic heterocycles. The molecule has 0 aliphatic carbocycles. The summed E-state index contributed by atoms with van der Waals surface area (Å²) in [4.78, 5) is 32.5. The fourth-order valence-electron chi connectivity index (χ4n) is 0.992. The van der Waals surface area contributed by atoms with Crippen LogP contribution in [0, 0.1) is 0 Å². The van der Waals surface area contributed by atoms with Crippen molar-refractivity contribution in [2.24, 2.45) is 0 Å². The van der Waals surface area contributed by atoms with Crippen molar-refractivity contribution in [1.82, 2.24) is 10.6 Å². The minimum absolute atomic E-state index is 0.0873. The highest BCUT2D eigenvalue weighted by atomic mass is 32.2. The third-order valence-corrected chi connectivity index (χ3v) is 2.50. The minimum Gasteiger partial charge on any atom is -0.481 e. The van der Waals surface area contributed by atoms with Gasteiger partial charge in [-0.05, 0) is 13.8 Å². The Hall–Kier alpha value is -1.24. The zero-order valence-corrected chi connectivity index (χ0v) is 10.8. The summed E-state index contributed by atoms with van der Waals surface area (Å²) < 4.78 is 0. The number of carboxylic acid groups (broad SMARTS) is 1. The lowest BCUT2D eigenvalue weighted by molar-refractivity contribution is -0.134. The van der Waals surface area contributed by atoms with E-state index in [9.17, 15) is 14.4 Å². The Bertz CT molecular complexity index is 281. The monoisotopic (exact) mass is 262 g/mol. The molecule has 7 heteroatoms. The van der Waals surface area contributed by atoms with Crippen molar-refractivity contribution in [2.75, 3.05) is 18.1 Å². The molecule has 0 saturated heterocycles. The smallest absolute Gasteiger partial charge is 0.313 e. The highest BCUT2D eigenvalue weighted by Crippen LogP contribution is 1.97. The molecule has 0 spiro atoms. The number of amides is 2. The first-order valence-electron chi connectivity index (χ1n) is 5.27. The van der Waals surface area contributed by atoms with E-state index in [1.54, 1.807) is 0 Å². The number of aliphatic carboxylic acids is 1. The maximum absolute atomic E-state index is 11.2. The lowest BCUT2D eigenvalue weighted by atomic mass is 10.3. The molecule has 3 N–H and O–H groups in total. The lowest BCUT2D eigenvalue weighted by Crippen LogP contribution is -2.34. The first kappa shape index (κ1) is 15.8. The third-order valence-electron chi connectivity index (χ3n) is 1.58. The summed E-state index contributed by atoms with van der Waals surface area (Å²) in [6.07, 6.45) is 0.230. The van der Waals surface area contributed by atoms with Gasteiger partial charge in [0.2, 0.25) is 11.8 Å². The van der Waals surface area contributed by atoms with E-state index in [0.29, 0.717) is 0 Å². The minimum atomic E-state index is -0.945. The predicted octanol–water partition coefficient (Wildman–Crippen LogP) is -0.165. The van der Waals surface area contributed by atoms with Crippen LogP contribution in [0.5, 0.6) is 0 Å². The fourth-order valence-corrected chi connectivity index (χ4v) is 1.56. The van der Waals surface area contributed by atoms with E-state index < -0.39 is 5.97 Å². The SMILES string of the molecule is CC(C)NC(=O)CCNC(=O)CSCC(=O)O.